The molecule has 3 heterocycles. The van der Waals surface area contributed by atoms with Crippen molar-refractivity contribution < 1.29 is 9.53 Å². The Morgan fingerprint density at radius 1 is 1.18 bits per heavy atom. The molecule has 4 rings (SSSR count). The lowest BCUT2D eigenvalue weighted by molar-refractivity contribution is -0.147. The van der Waals surface area contributed by atoms with Crippen molar-refractivity contribution in [3.8, 4) is 0 Å². The van der Waals surface area contributed by atoms with E-state index in [2.05, 4.69) is 18.7 Å². The minimum absolute atomic E-state index is 0.0223. The highest BCUT2D eigenvalue weighted by molar-refractivity contribution is 5.81. The van der Waals surface area contributed by atoms with Crippen molar-refractivity contribution in [2.24, 2.45) is 13.0 Å². The molecule has 2 aliphatic rings. The summed E-state index contributed by atoms with van der Waals surface area (Å²) in [5.74, 6) is 0.0109. The number of benzene rings is 1. The molecule has 2 fully saturated rings. The lowest BCUT2D eigenvalue weighted by Gasteiger charge is -2.44. The van der Waals surface area contributed by atoms with Gasteiger partial charge in [0, 0.05) is 31.3 Å². The molecule has 2 atom stereocenters. The Morgan fingerprint density at radius 2 is 1.94 bits per heavy atom. The molecule has 0 N–H and O–H groups in total. The number of fused-ring (bicyclic) bond motifs is 1. The summed E-state index contributed by atoms with van der Waals surface area (Å²) < 4.78 is 7.40. The SMILES string of the molecule is CCC(C)(CCN1CCCCC1)N(Cc1cc2ccccc2n(C)c1=O)C(=O)C1CCCOC1. The van der Waals surface area contributed by atoms with Gasteiger partial charge in [-0.25, -0.2) is 0 Å². The summed E-state index contributed by atoms with van der Waals surface area (Å²) in [4.78, 5) is 31.8. The van der Waals surface area contributed by atoms with Crippen LogP contribution in [0, 0.1) is 5.92 Å². The zero-order valence-corrected chi connectivity index (χ0v) is 21.2. The molecule has 0 aliphatic carbocycles. The maximum absolute atomic E-state index is 13.9. The number of aryl methyl sites for hydroxylation is 1. The van der Waals surface area contributed by atoms with Gasteiger partial charge in [-0.15, -0.1) is 0 Å². The van der Waals surface area contributed by atoms with E-state index in [9.17, 15) is 9.59 Å². The van der Waals surface area contributed by atoms with Crippen molar-refractivity contribution >= 4 is 16.8 Å². The molecular weight excluding hydrogens is 426 g/mol. The van der Waals surface area contributed by atoms with Gasteiger partial charge in [-0.2, -0.15) is 0 Å². The molecule has 0 saturated carbocycles. The van der Waals surface area contributed by atoms with Crippen LogP contribution in [0.2, 0.25) is 0 Å². The Hall–Kier alpha value is -2.18. The van der Waals surface area contributed by atoms with E-state index in [0.29, 0.717) is 18.7 Å². The fourth-order valence-corrected chi connectivity index (χ4v) is 5.55. The average Bonchev–Trinajstić information content (AvgIpc) is 2.89. The number of piperidine rings is 1. The molecule has 1 aromatic carbocycles. The molecule has 0 radical (unpaired) electrons. The molecular formula is C28H41N3O3. The van der Waals surface area contributed by atoms with Gasteiger partial charge < -0.3 is 19.1 Å². The summed E-state index contributed by atoms with van der Waals surface area (Å²) in [7, 11) is 1.82. The van der Waals surface area contributed by atoms with Gasteiger partial charge in [-0.3, -0.25) is 9.59 Å². The molecule has 6 nitrogen and oxygen atoms in total. The average molecular weight is 468 g/mol. The number of likely N-dealkylation sites (tertiary alicyclic amines) is 1. The van der Waals surface area contributed by atoms with E-state index >= 15 is 0 Å². The van der Waals surface area contributed by atoms with E-state index in [-0.39, 0.29) is 22.9 Å². The maximum atomic E-state index is 13.9. The zero-order chi connectivity index (χ0) is 24.1. The quantitative estimate of drug-likeness (QED) is 0.580. The first-order valence-corrected chi connectivity index (χ1v) is 13.1. The van der Waals surface area contributed by atoms with Crippen molar-refractivity contribution in [2.45, 2.75) is 70.9 Å². The van der Waals surface area contributed by atoms with Crippen LogP contribution in [-0.2, 0) is 23.1 Å². The molecule has 6 heteroatoms. The standard InChI is InChI=1S/C28H41N3O3/c1-4-28(2,14-17-30-15-8-5-9-16-30)31(27(33)23-12-10-18-34-21-23)20-24-19-22-11-6-7-13-25(22)29(3)26(24)32/h6-7,11,13,19,23H,4-5,8-10,12,14-18,20-21H2,1-3H3. The number of aromatic nitrogens is 1. The summed E-state index contributed by atoms with van der Waals surface area (Å²) in [6.07, 6.45) is 7.38. The lowest BCUT2D eigenvalue weighted by atomic mass is 9.88. The minimum Gasteiger partial charge on any atom is -0.381 e. The van der Waals surface area contributed by atoms with Crippen LogP contribution in [0.4, 0.5) is 0 Å². The molecule has 2 saturated heterocycles. The minimum atomic E-state index is -0.317. The number of para-hydroxylation sites is 1. The highest BCUT2D eigenvalue weighted by Crippen LogP contribution is 2.30. The second kappa shape index (κ2) is 11.0. The normalized spacial score (nSPS) is 21.3. The summed E-state index contributed by atoms with van der Waals surface area (Å²) >= 11 is 0. The predicted molar refractivity (Wildman–Crippen MR) is 137 cm³/mol. The Labute approximate surface area is 203 Å². The Bertz CT molecular complexity index is 1040. The Kier molecular flexibility index (Phi) is 8.10. The number of carbonyl (C=O) groups is 1. The molecule has 1 aromatic heterocycles. The number of nitrogens with zero attached hydrogens (tertiary/aromatic N) is 3. The van der Waals surface area contributed by atoms with Crippen LogP contribution < -0.4 is 5.56 Å². The lowest BCUT2D eigenvalue weighted by Crippen LogP contribution is -2.54. The van der Waals surface area contributed by atoms with Gasteiger partial charge in [0.05, 0.1) is 24.6 Å². The fraction of sp³-hybridized carbons (Fsp3) is 0.643. The van der Waals surface area contributed by atoms with Crippen molar-refractivity contribution in [1.29, 1.82) is 0 Å². The second-order valence-corrected chi connectivity index (χ2v) is 10.4. The molecule has 0 bridgehead atoms. The van der Waals surface area contributed by atoms with Gasteiger partial charge in [0.1, 0.15) is 0 Å². The second-order valence-electron chi connectivity index (χ2n) is 10.4. The van der Waals surface area contributed by atoms with Crippen LogP contribution in [-0.4, -0.2) is 58.7 Å². The molecule has 186 valence electrons. The van der Waals surface area contributed by atoms with E-state index in [1.54, 1.807) is 4.57 Å². The van der Waals surface area contributed by atoms with E-state index in [4.69, 9.17) is 4.74 Å². The number of hydrogen-bond acceptors (Lipinski definition) is 4. The van der Waals surface area contributed by atoms with Crippen LogP contribution in [0.25, 0.3) is 10.9 Å². The van der Waals surface area contributed by atoms with E-state index in [1.807, 2.05) is 42.3 Å². The number of pyridine rings is 1. The fourth-order valence-electron chi connectivity index (χ4n) is 5.55. The van der Waals surface area contributed by atoms with Gasteiger partial charge >= 0.3 is 0 Å². The highest BCUT2D eigenvalue weighted by atomic mass is 16.5. The molecule has 2 aromatic rings. The number of rotatable bonds is 8. The highest BCUT2D eigenvalue weighted by Gasteiger charge is 2.38. The number of ether oxygens (including phenoxy) is 1. The summed E-state index contributed by atoms with van der Waals surface area (Å²) in [6, 6.07) is 9.94. The van der Waals surface area contributed by atoms with Gasteiger partial charge in [-0.1, -0.05) is 31.5 Å². The molecule has 2 unspecified atom stereocenters. The van der Waals surface area contributed by atoms with E-state index in [0.717, 1.165) is 62.8 Å². The molecule has 34 heavy (non-hydrogen) atoms. The third kappa shape index (κ3) is 5.38. The number of hydrogen-bond donors (Lipinski definition) is 0. The monoisotopic (exact) mass is 467 g/mol. The first kappa shape index (κ1) is 24.9. The number of carbonyl (C=O) groups excluding carboxylic acids is 1. The van der Waals surface area contributed by atoms with Crippen molar-refractivity contribution in [3.05, 3.63) is 46.2 Å². The predicted octanol–water partition coefficient (Wildman–Crippen LogP) is 4.34. The Morgan fingerprint density at radius 3 is 2.65 bits per heavy atom. The largest absolute Gasteiger partial charge is 0.381 e. The zero-order valence-electron chi connectivity index (χ0n) is 21.2. The van der Waals surface area contributed by atoms with Gasteiger partial charge in [-0.05, 0) is 76.1 Å². The van der Waals surface area contributed by atoms with Gasteiger partial charge in [0.2, 0.25) is 5.91 Å². The van der Waals surface area contributed by atoms with Crippen molar-refractivity contribution in [1.82, 2.24) is 14.4 Å². The third-order valence-corrected chi connectivity index (χ3v) is 8.14. The molecule has 2 aliphatic heterocycles. The summed E-state index contributed by atoms with van der Waals surface area (Å²) in [5.41, 5.74) is 1.26. The van der Waals surface area contributed by atoms with Crippen molar-refractivity contribution in [3.63, 3.8) is 0 Å². The van der Waals surface area contributed by atoms with Gasteiger partial charge in [0.25, 0.3) is 5.56 Å². The van der Waals surface area contributed by atoms with Crippen LogP contribution in [0.5, 0.6) is 0 Å². The number of amides is 1. The van der Waals surface area contributed by atoms with E-state index in [1.165, 1.54) is 19.3 Å². The maximum Gasteiger partial charge on any atom is 0.255 e. The summed E-state index contributed by atoms with van der Waals surface area (Å²) in [6.45, 7) is 9.23. The van der Waals surface area contributed by atoms with E-state index < -0.39 is 0 Å². The van der Waals surface area contributed by atoms with Crippen LogP contribution in [0.3, 0.4) is 0 Å². The Balaban J connectivity index is 1.65. The van der Waals surface area contributed by atoms with Crippen LogP contribution in [0.1, 0.15) is 64.4 Å². The third-order valence-electron chi connectivity index (χ3n) is 8.14. The molecule has 0 spiro atoms. The topological polar surface area (TPSA) is 54.8 Å². The first-order chi connectivity index (χ1) is 16.4. The molecule has 1 amide bonds. The first-order valence-electron chi connectivity index (χ1n) is 13.1. The van der Waals surface area contributed by atoms with Crippen molar-refractivity contribution in [2.75, 3.05) is 32.8 Å². The smallest absolute Gasteiger partial charge is 0.255 e. The van der Waals surface area contributed by atoms with Crippen LogP contribution >= 0.6 is 0 Å². The van der Waals surface area contributed by atoms with Crippen LogP contribution in [0.15, 0.2) is 35.1 Å². The van der Waals surface area contributed by atoms with Gasteiger partial charge in [0.15, 0.2) is 0 Å². The summed E-state index contributed by atoms with van der Waals surface area (Å²) in [5, 5.41) is 1.03.